The molecule has 1 aromatic heterocycles. The van der Waals surface area contributed by atoms with E-state index in [1.165, 1.54) is 37.7 Å². The van der Waals surface area contributed by atoms with E-state index in [1.807, 2.05) is 18.3 Å². The Morgan fingerprint density at radius 1 is 1.04 bits per heavy atom. The molecule has 0 saturated carbocycles. The van der Waals surface area contributed by atoms with Crippen LogP contribution in [0.1, 0.15) is 57.1 Å². The fraction of sp³-hybridized carbons (Fsp3) is 0.455. The van der Waals surface area contributed by atoms with Gasteiger partial charge in [-0.25, -0.2) is 9.98 Å². The maximum absolute atomic E-state index is 5.85. The Bertz CT molecular complexity index is 857. The second kappa shape index (κ2) is 6.11. The molecule has 5 rings (SSSR count). The third-order valence-corrected chi connectivity index (χ3v) is 5.81. The van der Waals surface area contributed by atoms with Crippen LogP contribution in [-0.2, 0) is 0 Å². The molecule has 0 N–H and O–H groups in total. The highest BCUT2D eigenvalue weighted by Gasteiger charge is 2.37. The molecule has 134 valence electrons. The fourth-order valence-corrected chi connectivity index (χ4v) is 4.69. The molecule has 2 atom stereocenters. The largest absolute Gasteiger partial charge is 0.491 e. The van der Waals surface area contributed by atoms with Crippen LogP contribution in [-0.4, -0.2) is 28.9 Å². The van der Waals surface area contributed by atoms with E-state index in [2.05, 4.69) is 36.9 Å². The third-order valence-electron chi connectivity index (χ3n) is 5.81. The Labute approximate surface area is 154 Å². The molecule has 4 heterocycles. The van der Waals surface area contributed by atoms with Crippen molar-refractivity contribution >= 4 is 17.2 Å². The lowest BCUT2D eigenvalue weighted by Gasteiger charge is -2.36. The molecule has 3 aliphatic rings. The minimum atomic E-state index is 0.176. The van der Waals surface area contributed by atoms with E-state index in [4.69, 9.17) is 14.7 Å². The van der Waals surface area contributed by atoms with Gasteiger partial charge in [0.25, 0.3) is 0 Å². The molecule has 3 aliphatic heterocycles. The first-order valence-electron chi connectivity index (χ1n) is 9.83. The number of hydrogen-bond donors (Lipinski definition) is 0. The molecule has 2 fully saturated rings. The average Bonchev–Trinajstić information content (AvgIpc) is 2.86. The van der Waals surface area contributed by atoms with E-state index in [0.717, 1.165) is 28.5 Å². The summed E-state index contributed by atoms with van der Waals surface area (Å²) in [6.07, 6.45) is 8.73. The van der Waals surface area contributed by atoms with Crippen LogP contribution < -0.4 is 9.64 Å². The summed E-state index contributed by atoms with van der Waals surface area (Å²) in [4.78, 5) is 12.0. The molecule has 26 heavy (non-hydrogen) atoms. The minimum absolute atomic E-state index is 0.176. The van der Waals surface area contributed by atoms with Gasteiger partial charge in [-0.2, -0.15) is 0 Å². The van der Waals surface area contributed by atoms with Crippen molar-refractivity contribution < 1.29 is 4.74 Å². The normalized spacial score (nSPS) is 23.5. The molecule has 0 amide bonds. The summed E-state index contributed by atoms with van der Waals surface area (Å²) in [6.45, 7) is 4.10. The summed E-state index contributed by atoms with van der Waals surface area (Å²) in [7, 11) is 0. The zero-order valence-electron chi connectivity index (χ0n) is 15.5. The number of rotatable bonds is 4. The van der Waals surface area contributed by atoms with Crippen molar-refractivity contribution in [3.05, 3.63) is 47.7 Å². The van der Waals surface area contributed by atoms with Crippen molar-refractivity contribution in [3.8, 4) is 5.75 Å². The van der Waals surface area contributed by atoms with Crippen molar-refractivity contribution in [2.24, 2.45) is 4.99 Å². The van der Waals surface area contributed by atoms with E-state index >= 15 is 0 Å². The van der Waals surface area contributed by atoms with Crippen LogP contribution in [0.2, 0.25) is 0 Å². The molecule has 4 nitrogen and oxygen atoms in total. The summed E-state index contributed by atoms with van der Waals surface area (Å²) < 4.78 is 5.85. The van der Waals surface area contributed by atoms with E-state index in [-0.39, 0.29) is 6.10 Å². The van der Waals surface area contributed by atoms with Crippen molar-refractivity contribution in [1.82, 2.24) is 4.98 Å². The smallest absolute Gasteiger partial charge is 0.129 e. The lowest BCUT2D eigenvalue weighted by atomic mass is 9.95. The van der Waals surface area contributed by atoms with Crippen molar-refractivity contribution in [2.45, 2.75) is 64.1 Å². The molecule has 2 bridgehead atoms. The Morgan fingerprint density at radius 3 is 2.62 bits per heavy atom. The average molecular weight is 347 g/mol. The number of anilines is 1. The second-order valence-electron chi connectivity index (χ2n) is 7.93. The number of aliphatic imine (C=N–C) groups is 1. The number of piperidine rings is 1. The van der Waals surface area contributed by atoms with Gasteiger partial charge in [-0.1, -0.05) is 0 Å². The fourth-order valence-electron chi connectivity index (χ4n) is 4.69. The van der Waals surface area contributed by atoms with E-state index in [1.54, 1.807) is 0 Å². The van der Waals surface area contributed by atoms with E-state index in [0.29, 0.717) is 12.1 Å². The highest BCUT2D eigenvalue weighted by Crippen LogP contribution is 2.40. The van der Waals surface area contributed by atoms with Crippen molar-refractivity contribution in [1.29, 1.82) is 0 Å². The third kappa shape index (κ3) is 2.59. The predicted octanol–water partition coefficient (Wildman–Crippen LogP) is 4.87. The molecular weight excluding hydrogens is 322 g/mol. The highest BCUT2D eigenvalue weighted by atomic mass is 16.5. The second-order valence-corrected chi connectivity index (χ2v) is 7.93. The molecule has 2 unspecified atom stereocenters. The van der Waals surface area contributed by atoms with Crippen molar-refractivity contribution in [2.75, 3.05) is 4.90 Å². The van der Waals surface area contributed by atoms with Gasteiger partial charge >= 0.3 is 0 Å². The number of pyridine rings is 1. The maximum Gasteiger partial charge on any atom is 0.129 e. The predicted molar refractivity (Wildman–Crippen MR) is 105 cm³/mol. The molecule has 0 radical (unpaired) electrons. The number of fused-ring (bicyclic) bond motifs is 3. The lowest BCUT2D eigenvalue weighted by Crippen LogP contribution is -2.40. The molecular formula is C22H25N3O. The van der Waals surface area contributed by atoms with Gasteiger partial charge in [0.05, 0.1) is 17.5 Å². The molecule has 2 saturated heterocycles. The standard InChI is InChI=1S/C22H25N3O/c1-14(2)26-18-8-9-20-19(13-18)22(24-20)15-10-11-23-21(12-15)25-16-4-3-5-17(25)7-6-16/h8-14,16-17H,3-7H2,1-2H3. The van der Waals surface area contributed by atoms with Crippen LogP contribution in [0.5, 0.6) is 5.75 Å². The quantitative estimate of drug-likeness (QED) is 0.675. The van der Waals surface area contributed by atoms with Crippen LogP contribution in [0.3, 0.4) is 0 Å². The van der Waals surface area contributed by atoms with Crippen LogP contribution >= 0.6 is 0 Å². The van der Waals surface area contributed by atoms with E-state index < -0.39 is 0 Å². The van der Waals surface area contributed by atoms with Gasteiger partial charge in [-0.05, 0) is 76.3 Å². The summed E-state index contributed by atoms with van der Waals surface area (Å²) in [5, 5.41) is 0. The minimum Gasteiger partial charge on any atom is -0.491 e. The summed E-state index contributed by atoms with van der Waals surface area (Å²) >= 11 is 0. The Balaban J connectivity index is 1.44. The molecule has 1 aromatic carbocycles. The van der Waals surface area contributed by atoms with Crippen LogP contribution in [0, 0.1) is 0 Å². The van der Waals surface area contributed by atoms with Gasteiger partial charge in [0, 0.05) is 29.4 Å². The number of hydrogen-bond acceptors (Lipinski definition) is 4. The lowest BCUT2D eigenvalue weighted by molar-refractivity contribution is 0.242. The molecule has 4 heteroatoms. The topological polar surface area (TPSA) is 37.7 Å². The zero-order valence-corrected chi connectivity index (χ0v) is 15.5. The van der Waals surface area contributed by atoms with Crippen LogP contribution in [0.15, 0.2) is 41.5 Å². The first-order chi connectivity index (χ1) is 12.7. The van der Waals surface area contributed by atoms with Gasteiger partial charge in [0.15, 0.2) is 0 Å². The Kier molecular flexibility index (Phi) is 3.73. The SMILES string of the molecule is CC(C)Oc1ccc2c(c1)C(c1ccnc(N3C4CCCC3CC4)c1)=N2. The molecule has 2 aromatic rings. The maximum atomic E-state index is 5.85. The number of ether oxygens (including phenoxy) is 1. The van der Waals surface area contributed by atoms with Gasteiger partial charge in [-0.3, -0.25) is 0 Å². The van der Waals surface area contributed by atoms with Crippen LogP contribution in [0.4, 0.5) is 11.5 Å². The van der Waals surface area contributed by atoms with Gasteiger partial charge in [0.2, 0.25) is 0 Å². The Morgan fingerprint density at radius 2 is 1.85 bits per heavy atom. The first kappa shape index (κ1) is 15.9. The molecule has 0 aliphatic carbocycles. The van der Waals surface area contributed by atoms with Gasteiger partial charge in [-0.15, -0.1) is 0 Å². The Hall–Kier alpha value is -2.36. The van der Waals surface area contributed by atoms with Crippen molar-refractivity contribution in [3.63, 3.8) is 0 Å². The summed E-state index contributed by atoms with van der Waals surface area (Å²) in [6, 6.07) is 11.8. The van der Waals surface area contributed by atoms with Crippen LogP contribution in [0.25, 0.3) is 0 Å². The number of aromatic nitrogens is 1. The molecule has 0 spiro atoms. The highest BCUT2D eigenvalue weighted by molar-refractivity contribution is 6.22. The zero-order chi connectivity index (χ0) is 17.7. The monoisotopic (exact) mass is 347 g/mol. The summed E-state index contributed by atoms with van der Waals surface area (Å²) in [5.74, 6) is 2.04. The van der Waals surface area contributed by atoms with Gasteiger partial charge < -0.3 is 9.64 Å². The van der Waals surface area contributed by atoms with Gasteiger partial charge in [0.1, 0.15) is 11.6 Å². The number of benzene rings is 1. The summed E-state index contributed by atoms with van der Waals surface area (Å²) in [5.41, 5.74) is 4.45. The van der Waals surface area contributed by atoms with E-state index in [9.17, 15) is 0 Å². The first-order valence-corrected chi connectivity index (χ1v) is 9.83. The number of nitrogens with zero attached hydrogens (tertiary/aromatic N) is 3.